The molecule has 0 bridgehead atoms. The van der Waals surface area contributed by atoms with Gasteiger partial charge in [0.1, 0.15) is 5.82 Å². The highest BCUT2D eigenvalue weighted by Gasteiger charge is 2.15. The molecule has 3 rings (SSSR count). The van der Waals surface area contributed by atoms with Crippen molar-refractivity contribution in [3.8, 4) is 5.88 Å². The van der Waals surface area contributed by atoms with E-state index in [1.807, 2.05) is 6.07 Å². The number of nitrogens with zero attached hydrogens (tertiary/aromatic N) is 1. The maximum atomic E-state index is 13.9. The quantitative estimate of drug-likeness (QED) is 0.921. The van der Waals surface area contributed by atoms with E-state index >= 15 is 0 Å². The molecule has 0 aliphatic carbocycles. The molecule has 19 heavy (non-hydrogen) atoms. The van der Waals surface area contributed by atoms with E-state index in [1.165, 1.54) is 6.07 Å². The van der Waals surface area contributed by atoms with Gasteiger partial charge in [-0.25, -0.2) is 9.37 Å². The van der Waals surface area contributed by atoms with E-state index in [-0.39, 0.29) is 5.82 Å². The molecule has 1 aromatic carbocycles. The normalized spacial score (nSPS) is 16.7. The molecule has 0 radical (unpaired) electrons. The van der Waals surface area contributed by atoms with Crippen molar-refractivity contribution >= 4 is 10.8 Å². The Labute approximate surface area is 111 Å². The Bertz CT molecular complexity index is 562. The van der Waals surface area contributed by atoms with Crippen molar-refractivity contribution in [3.63, 3.8) is 0 Å². The lowest BCUT2D eigenvalue weighted by molar-refractivity contribution is 0.211. The van der Waals surface area contributed by atoms with Crippen LogP contribution >= 0.6 is 0 Å². The van der Waals surface area contributed by atoms with Gasteiger partial charge in [0.05, 0.1) is 12.0 Å². The highest BCUT2D eigenvalue weighted by Crippen LogP contribution is 2.26. The van der Waals surface area contributed by atoms with E-state index < -0.39 is 0 Å². The fourth-order valence-corrected chi connectivity index (χ4v) is 2.51. The Morgan fingerprint density at radius 2 is 2.11 bits per heavy atom. The van der Waals surface area contributed by atoms with Crippen molar-refractivity contribution in [2.75, 3.05) is 19.7 Å². The van der Waals surface area contributed by atoms with Gasteiger partial charge in [-0.2, -0.15) is 0 Å². The average molecular weight is 260 g/mol. The molecule has 1 aromatic heterocycles. The van der Waals surface area contributed by atoms with Crippen LogP contribution in [-0.2, 0) is 0 Å². The summed E-state index contributed by atoms with van der Waals surface area (Å²) in [7, 11) is 0. The number of benzene rings is 1. The lowest BCUT2D eigenvalue weighted by Gasteiger charge is -2.22. The van der Waals surface area contributed by atoms with Crippen molar-refractivity contribution < 1.29 is 9.13 Å². The highest BCUT2D eigenvalue weighted by molar-refractivity contribution is 5.87. The number of aromatic nitrogens is 1. The Morgan fingerprint density at radius 1 is 1.26 bits per heavy atom. The number of fused-ring (bicyclic) bond motifs is 1. The van der Waals surface area contributed by atoms with Crippen LogP contribution in [0.2, 0.25) is 0 Å². The zero-order chi connectivity index (χ0) is 13.1. The van der Waals surface area contributed by atoms with Gasteiger partial charge >= 0.3 is 0 Å². The monoisotopic (exact) mass is 260 g/mol. The van der Waals surface area contributed by atoms with Crippen LogP contribution in [0.3, 0.4) is 0 Å². The number of hydrogen-bond acceptors (Lipinski definition) is 3. The Balaban J connectivity index is 1.80. The molecule has 1 aliphatic heterocycles. The smallest absolute Gasteiger partial charge is 0.224 e. The van der Waals surface area contributed by atoms with E-state index in [2.05, 4.69) is 10.3 Å². The first kappa shape index (κ1) is 12.4. The van der Waals surface area contributed by atoms with Gasteiger partial charge in [-0.1, -0.05) is 12.1 Å². The Morgan fingerprint density at radius 3 is 2.95 bits per heavy atom. The van der Waals surface area contributed by atoms with Crippen LogP contribution in [0.4, 0.5) is 4.39 Å². The highest BCUT2D eigenvalue weighted by atomic mass is 19.1. The van der Waals surface area contributed by atoms with Crippen molar-refractivity contribution in [2.45, 2.75) is 12.8 Å². The van der Waals surface area contributed by atoms with Gasteiger partial charge in [0.2, 0.25) is 5.88 Å². The second-order valence-corrected chi connectivity index (χ2v) is 4.96. The SMILES string of the molecule is Fc1cccc2ccnc(OCC3CCNCC3)c12. The molecule has 4 heteroatoms. The minimum atomic E-state index is -0.272. The fourth-order valence-electron chi connectivity index (χ4n) is 2.51. The van der Waals surface area contributed by atoms with Gasteiger partial charge in [-0.3, -0.25) is 0 Å². The topological polar surface area (TPSA) is 34.1 Å². The molecule has 0 spiro atoms. The van der Waals surface area contributed by atoms with Crippen LogP contribution in [0, 0.1) is 11.7 Å². The van der Waals surface area contributed by atoms with Crippen LogP contribution < -0.4 is 10.1 Å². The summed E-state index contributed by atoms with van der Waals surface area (Å²) in [6, 6.07) is 6.82. The van der Waals surface area contributed by atoms with E-state index in [0.29, 0.717) is 23.8 Å². The Kier molecular flexibility index (Phi) is 3.60. The van der Waals surface area contributed by atoms with Crippen molar-refractivity contribution in [3.05, 3.63) is 36.3 Å². The Hall–Kier alpha value is -1.68. The molecule has 0 atom stereocenters. The van der Waals surface area contributed by atoms with Crippen molar-refractivity contribution in [2.24, 2.45) is 5.92 Å². The third kappa shape index (κ3) is 2.68. The molecule has 2 aromatic rings. The van der Waals surface area contributed by atoms with Crippen LogP contribution in [0.15, 0.2) is 30.5 Å². The van der Waals surface area contributed by atoms with E-state index in [9.17, 15) is 4.39 Å². The molecular formula is C15H17FN2O. The second kappa shape index (κ2) is 5.53. The first-order valence-electron chi connectivity index (χ1n) is 6.71. The molecule has 1 fully saturated rings. The molecule has 0 unspecified atom stereocenters. The number of nitrogens with one attached hydrogen (secondary N) is 1. The van der Waals surface area contributed by atoms with Gasteiger partial charge in [-0.15, -0.1) is 0 Å². The molecule has 2 heterocycles. The van der Waals surface area contributed by atoms with E-state index in [4.69, 9.17) is 4.74 Å². The van der Waals surface area contributed by atoms with E-state index in [1.54, 1.807) is 18.3 Å². The van der Waals surface area contributed by atoms with Crippen molar-refractivity contribution in [1.82, 2.24) is 10.3 Å². The zero-order valence-electron chi connectivity index (χ0n) is 10.7. The summed E-state index contributed by atoms with van der Waals surface area (Å²) in [5.41, 5.74) is 0. The molecule has 1 N–H and O–H groups in total. The lowest BCUT2D eigenvalue weighted by atomic mass is 9.99. The first-order chi connectivity index (χ1) is 9.34. The molecule has 0 amide bonds. The molecule has 100 valence electrons. The van der Waals surface area contributed by atoms with Gasteiger partial charge in [0, 0.05) is 6.20 Å². The number of pyridine rings is 1. The summed E-state index contributed by atoms with van der Waals surface area (Å²) in [4.78, 5) is 4.17. The number of hydrogen-bond donors (Lipinski definition) is 1. The summed E-state index contributed by atoms with van der Waals surface area (Å²) in [6.07, 6.45) is 3.88. The predicted molar refractivity (Wildman–Crippen MR) is 72.8 cm³/mol. The maximum absolute atomic E-state index is 13.9. The minimum Gasteiger partial charge on any atom is -0.477 e. The molecular weight excluding hydrogens is 243 g/mol. The lowest BCUT2D eigenvalue weighted by Crippen LogP contribution is -2.30. The molecule has 1 aliphatic rings. The largest absolute Gasteiger partial charge is 0.477 e. The number of piperidine rings is 1. The summed E-state index contributed by atoms with van der Waals surface area (Å²) < 4.78 is 19.6. The van der Waals surface area contributed by atoms with Crippen LogP contribution in [-0.4, -0.2) is 24.7 Å². The second-order valence-electron chi connectivity index (χ2n) is 4.96. The first-order valence-corrected chi connectivity index (χ1v) is 6.71. The van der Waals surface area contributed by atoms with Gasteiger partial charge < -0.3 is 10.1 Å². The number of halogens is 1. The van der Waals surface area contributed by atoms with Gasteiger partial charge in [0.25, 0.3) is 0 Å². The predicted octanol–water partition coefficient (Wildman–Crippen LogP) is 2.75. The zero-order valence-corrected chi connectivity index (χ0v) is 10.7. The van der Waals surface area contributed by atoms with Crippen LogP contribution in [0.1, 0.15) is 12.8 Å². The van der Waals surface area contributed by atoms with Crippen LogP contribution in [0.5, 0.6) is 5.88 Å². The molecule has 3 nitrogen and oxygen atoms in total. The minimum absolute atomic E-state index is 0.272. The van der Waals surface area contributed by atoms with Gasteiger partial charge in [0.15, 0.2) is 0 Å². The maximum Gasteiger partial charge on any atom is 0.224 e. The molecule has 0 saturated carbocycles. The van der Waals surface area contributed by atoms with Crippen LogP contribution in [0.25, 0.3) is 10.8 Å². The fraction of sp³-hybridized carbons (Fsp3) is 0.400. The summed E-state index contributed by atoms with van der Waals surface area (Å²) in [5.74, 6) is 0.671. The van der Waals surface area contributed by atoms with Crippen molar-refractivity contribution in [1.29, 1.82) is 0 Å². The summed E-state index contributed by atoms with van der Waals surface area (Å²) >= 11 is 0. The number of ether oxygens (including phenoxy) is 1. The van der Waals surface area contributed by atoms with E-state index in [0.717, 1.165) is 31.3 Å². The summed E-state index contributed by atoms with van der Waals surface area (Å²) in [6.45, 7) is 2.68. The third-order valence-corrected chi connectivity index (χ3v) is 3.62. The summed E-state index contributed by atoms with van der Waals surface area (Å²) in [5, 5.41) is 4.63. The number of rotatable bonds is 3. The standard InChI is InChI=1S/C15H17FN2O/c16-13-3-1-2-12-6-9-18-15(14(12)13)19-10-11-4-7-17-8-5-11/h1-3,6,9,11,17H,4-5,7-8,10H2. The van der Waals surface area contributed by atoms with Gasteiger partial charge in [-0.05, 0) is 49.4 Å². The third-order valence-electron chi connectivity index (χ3n) is 3.62. The molecule has 1 saturated heterocycles. The average Bonchev–Trinajstić information content (AvgIpc) is 2.46.